The summed E-state index contributed by atoms with van der Waals surface area (Å²) in [6.45, 7) is 2.24. The van der Waals surface area contributed by atoms with Gasteiger partial charge in [0, 0.05) is 12.0 Å². The Bertz CT molecular complexity index is 588. The minimum atomic E-state index is 0.0464. The van der Waals surface area contributed by atoms with E-state index in [9.17, 15) is 4.79 Å². The summed E-state index contributed by atoms with van der Waals surface area (Å²) in [4.78, 5) is 14.5. The number of Topliss-reactive ketones (excluding diaryl/α,β-unsaturated/α-hetero) is 1. The fraction of sp³-hybridized carbons (Fsp3) is 0.350. The van der Waals surface area contributed by atoms with Gasteiger partial charge in [-0.1, -0.05) is 60.7 Å². The van der Waals surface area contributed by atoms with Crippen LogP contribution in [0.4, 0.5) is 0 Å². The zero-order valence-corrected chi connectivity index (χ0v) is 13.0. The first-order valence-electron chi connectivity index (χ1n) is 8.32. The maximum Gasteiger partial charge on any atom is 0.220 e. The molecule has 0 aromatic heterocycles. The number of likely N-dealkylation sites (tertiary alicyclic amines) is 1. The molecule has 0 spiro atoms. The van der Waals surface area contributed by atoms with Crippen molar-refractivity contribution in [2.75, 3.05) is 13.1 Å². The molecule has 0 unspecified atom stereocenters. The SMILES string of the molecule is O=C(c1ccccc1)[C@@H](Cc1ccccc1)[NH+]1CCCCC1. The van der Waals surface area contributed by atoms with Crippen molar-refractivity contribution in [1.29, 1.82) is 0 Å². The molecule has 3 rings (SSSR count). The van der Waals surface area contributed by atoms with Gasteiger partial charge >= 0.3 is 0 Å². The Hall–Kier alpha value is -1.93. The highest BCUT2D eigenvalue weighted by molar-refractivity contribution is 5.99. The molecule has 1 aliphatic heterocycles. The second-order valence-electron chi connectivity index (χ2n) is 6.19. The van der Waals surface area contributed by atoms with Crippen LogP contribution in [0.1, 0.15) is 35.2 Å². The van der Waals surface area contributed by atoms with E-state index in [1.54, 1.807) is 0 Å². The number of ketones is 1. The molecular formula is C20H24NO+. The second kappa shape index (κ2) is 7.37. The molecule has 1 aliphatic rings. The topological polar surface area (TPSA) is 21.5 Å². The quantitative estimate of drug-likeness (QED) is 0.841. The minimum Gasteiger partial charge on any atom is -0.326 e. The van der Waals surface area contributed by atoms with Crippen LogP contribution in [0, 0.1) is 0 Å². The maximum absolute atomic E-state index is 13.0. The number of hydrogen-bond acceptors (Lipinski definition) is 1. The van der Waals surface area contributed by atoms with Crippen LogP contribution in [0.5, 0.6) is 0 Å². The average Bonchev–Trinajstić information content (AvgIpc) is 2.61. The van der Waals surface area contributed by atoms with E-state index >= 15 is 0 Å². The highest BCUT2D eigenvalue weighted by Crippen LogP contribution is 2.09. The fourth-order valence-corrected chi connectivity index (χ4v) is 3.43. The number of carbonyl (C=O) groups is 1. The molecule has 1 saturated heterocycles. The lowest BCUT2D eigenvalue weighted by atomic mass is 9.94. The molecule has 2 heteroatoms. The average molecular weight is 294 g/mol. The van der Waals surface area contributed by atoms with Crippen molar-refractivity contribution in [3.8, 4) is 0 Å². The van der Waals surface area contributed by atoms with Gasteiger partial charge in [-0.05, 0) is 24.8 Å². The van der Waals surface area contributed by atoms with Gasteiger partial charge in [0.15, 0.2) is 6.04 Å². The monoisotopic (exact) mass is 294 g/mol. The maximum atomic E-state index is 13.0. The van der Waals surface area contributed by atoms with Crippen LogP contribution in [-0.2, 0) is 6.42 Å². The summed E-state index contributed by atoms with van der Waals surface area (Å²) < 4.78 is 0. The highest BCUT2D eigenvalue weighted by Gasteiger charge is 2.31. The third kappa shape index (κ3) is 3.63. The van der Waals surface area contributed by atoms with Gasteiger partial charge in [0.25, 0.3) is 0 Å². The van der Waals surface area contributed by atoms with E-state index in [0.717, 1.165) is 25.1 Å². The minimum absolute atomic E-state index is 0.0464. The van der Waals surface area contributed by atoms with Gasteiger partial charge < -0.3 is 4.90 Å². The van der Waals surface area contributed by atoms with Crippen molar-refractivity contribution in [1.82, 2.24) is 0 Å². The van der Waals surface area contributed by atoms with Crippen molar-refractivity contribution in [3.63, 3.8) is 0 Å². The molecular weight excluding hydrogens is 270 g/mol. The zero-order chi connectivity index (χ0) is 15.2. The van der Waals surface area contributed by atoms with Crippen LogP contribution in [0.3, 0.4) is 0 Å². The number of hydrogen-bond donors (Lipinski definition) is 1. The largest absolute Gasteiger partial charge is 0.326 e. The molecule has 1 atom stereocenters. The number of piperidine rings is 1. The van der Waals surface area contributed by atoms with E-state index in [-0.39, 0.29) is 6.04 Å². The summed E-state index contributed by atoms with van der Waals surface area (Å²) >= 11 is 0. The first-order valence-corrected chi connectivity index (χ1v) is 8.32. The summed E-state index contributed by atoms with van der Waals surface area (Å²) in [5.74, 6) is 0.293. The normalized spacial score (nSPS) is 17.1. The van der Waals surface area contributed by atoms with Gasteiger partial charge in [-0.2, -0.15) is 0 Å². The molecule has 22 heavy (non-hydrogen) atoms. The van der Waals surface area contributed by atoms with Gasteiger partial charge in [-0.15, -0.1) is 0 Å². The number of nitrogens with one attached hydrogen (secondary N) is 1. The predicted octanol–water partition coefficient (Wildman–Crippen LogP) is 2.55. The highest BCUT2D eigenvalue weighted by atomic mass is 16.1. The molecule has 0 aliphatic carbocycles. The lowest BCUT2D eigenvalue weighted by Crippen LogP contribution is -3.17. The van der Waals surface area contributed by atoms with Crippen LogP contribution in [0.15, 0.2) is 60.7 Å². The van der Waals surface area contributed by atoms with Gasteiger partial charge in [-0.25, -0.2) is 0 Å². The van der Waals surface area contributed by atoms with Crippen LogP contribution in [0.2, 0.25) is 0 Å². The van der Waals surface area contributed by atoms with Gasteiger partial charge in [0.05, 0.1) is 13.1 Å². The molecule has 2 nitrogen and oxygen atoms in total. The second-order valence-corrected chi connectivity index (χ2v) is 6.19. The number of quaternary nitrogens is 1. The van der Waals surface area contributed by atoms with Crippen LogP contribution in [0.25, 0.3) is 0 Å². The van der Waals surface area contributed by atoms with Crippen LogP contribution < -0.4 is 4.90 Å². The smallest absolute Gasteiger partial charge is 0.220 e. The standard InChI is InChI=1S/C20H23NO/c22-20(18-12-6-2-7-13-18)19(21-14-8-3-9-15-21)16-17-10-4-1-5-11-17/h1-2,4-7,10-13,19H,3,8-9,14-16H2/p+1/t19-/m1/s1. The van der Waals surface area contributed by atoms with Crippen molar-refractivity contribution in [3.05, 3.63) is 71.8 Å². The molecule has 0 saturated carbocycles. The molecule has 0 radical (unpaired) electrons. The summed E-state index contributed by atoms with van der Waals surface area (Å²) in [6, 6.07) is 20.2. The van der Waals surface area contributed by atoms with Crippen molar-refractivity contribution in [2.45, 2.75) is 31.7 Å². The van der Waals surface area contributed by atoms with E-state index in [4.69, 9.17) is 0 Å². The van der Waals surface area contributed by atoms with Gasteiger partial charge in [0.2, 0.25) is 5.78 Å². The van der Waals surface area contributed by atoms with E-state index in [2.05, 4.69) is 24.3 Å². The molecule has 2 aromatic carbocycles. The van der Waals surface area contributed by atoms with E-state index in [1.165, 1.54) is 29.7 Å². The number of benzene rings is 2. The number of carbonyl (C=O) groups excluding carboxylic acids is 1. The van der Waals surface area contributed by atoms with Crippen molar-refractivity contribution >= 4 is 5.78 Å². The summed E-state index contributed by atoms with van der Waals surface area (Å²) in [6.07, 6.45) is 4.62. The molecule has 1 heterocycles. The predicted molar refractivity (Wildman–Crippen MR) is 89.3 cm³/mol. The Morgan fingerprint density at radius 2 is 1.45 bits per heavy atom. The first-order chi connectivity index (χ1) is 10.8. The Morgan fingerprint density at radius 3 is 2.09 bits per heavy atom. The van der Waals surface area contributed by atoms with Crippen LogP contribution >= 0.6 is 0 Å². The summed E-state index contributed by atoms with van der Waals surface area (Å²) in [5.41, 5.74) is 2.11. The van der Waals surface area contributed by atoms with E-state index in [1.807, 2.05) is 36.4 Å². The molecule has 0 bridgehead atoms. The van der Waals surface area contributed by atoms with E-state index < -0.39 is 0 Å². The molecule has 1 fully saturated rings. The van der Waals surface area contributed by atoms with Crippen molar-refractivity contribution in [2.24, 2.45) is 0 Å². The van der Waals surface area contributed by atoms with Crippen molar-refractivity contribution < 1.29 is 9.69 Å². The van der Waals surface area contributed by atoms with Gasteiger partial charge in [-0.3, -0.25) is 4.79 Å². The zero-order valence-electron chi connectivity index (χ0n) is 13.0. The summed E-state index contributed by atoms with van der Waals surface area (Å²) in [7, 11) is 0. The third-order valence-electron chi connectivity index (χ3n) is 4.65. The Kier molecular flexibility index (Phi) is 5.02. The summed E-state index contributed by atoms with van der Waals surface area (Å²) in [5, 5.41) is 0. The Morgan fingerprint density at radius 1 is 0.864 bits per heavy atom. The Labute approximate surface area is 132 Å². The lowest BCUT2D eigenvalue weighted by molar-refractivity contribution is -0.920. The molecule has 114 valence electrons. The molecule has 0 amide bonds. The lowest BCUT2D eigenvalue weighted by Gasteiger charge is -2.30. The molecule has 2 aromatic rings. The molecule has 1 N–H and O–H groups in total. The third-order valence-corrected chi connectivity index (χ3v) is 4.65. The number of rotatable bonds is 5. The van der Waals surface area contributed by atoms with Crippen LogP contribution in [-0.4, -0.2) is 24.9 Å². The Balaban J connectivity index is 1.83. The van der Waals surface area contributed by atoms with E-state index in [0.29, 0.717) is 5.78 Å². The first kappa shape index (κ1) is 15.0. The van der Waals surface area contributed by atoms with Gasteiger partial charge in [0.1, 0.15) is 0 Å². The fourth-order valence-electron chi connectivity index (χ4n) is 3.43.